The molecule has 0 aliphatic rings. The van der Waals surface area contributed by atoms with E-state index in [1.54, 1.807) is 12.2 Å². The Hall–Kier alpha value is -3.14. The van der Waals surface area contributed by atoms with Crippen LogP contribution in [0.25, 0.3) is 12.2 Å². The van der Waals surface area contributed by atoms with Crippen molar-refractivity contribution in [3.05, 3.63) is 83.9 Å². The standard InChI is InChI=1S/C9H9NO.C9H8O2/c2*10-9(11)7-6-8-4-2-1-3-5-8/h1-7H,(H2,10,11);1-7H,(H,10,11). The first-order valence-corrected chi connectivity index (χ1v) is 6.56. The van der Waals surface area contributed by atoms with E-state index in [1.807, 2.05) is 60.7 Å². The third kappa shape index (κ3) is 8.12. The number of rotatable bonds is 4. The molecule has 0 unspecified atom stereocenters. The molecule has 0 bridgehead atoms. The first-order chi connectivity index (χ1) is 10.6. The highest BCUT2D eigenvalue weighted by Gasteiger charge is 1.86. The Morgan fingerprint density at radius 2 is 1.18 bits per heavy atom. The number of amides is 1. The van der Waals surface area contributed by atoms with Gasteiger partial charge in [-0.1, -0.05) is 60.7 Å². The maximum absolute atomic E-state index is 10.3. The molecule has 2 rings (SSSR count). The molecule has 0 saturated carbocycles. The summed E-state index contributed by atoms with van der Waals surface area (Å²) >= 11 is 0. The van der Waals surface area contributed by atoms with Gasteiger partial charge in [-0.3, -0.25) is 4.79 Å². The number of nitrogens with two attached hydrogens (primary N) is 1. The second kappa shape index (κ2) is 9.72. The third-order valence-electron chi connectivity index (χ3n) is 2.46. The molecular weight excluding hydrogens is 278 g/mol. The van der Waals surface area contributed by atoms with E-state index < -0.39 is 11.9 Å². The van der Waals surface area contributed by atoms with Crippen LogP contribution in [0.1, 0.15) is 11.1 Å². The minimum atomic E-state index is -0.922. The molecule has 0 aliphatic carbocycles. The van der Waals surface area contributed by atoms with Crippen molar-refractivity contribution in [1.29, 1.82) is 0 Å². The van der Waals surface area contributed by atoms with E-state index in [-0.39, 0.29) is 0 Å². The number of hydrogen-bond acceptors (Lipinski definition) is 2. The summed E-state index contributed by atoms with van der Waals surface area (Å²) in [4.78, 5) is 20.4. The van der Waals surface area contributed by atoms with Crippen LogP contribution in [0.3, 0.4) is 0 Å². The molecule has 0 spiro atoms. The fourth-order valence-corrected chi connectivity index (χ4v) is 1.47. The second-order valence-electron chi connectivity index (χ2n) is 4.23. The zero-order valence-electron chi connectivity index (χ0n) is 11.9. The summed E-state index contributed by atoms with van der Waals surface area (Å²) in [6, 6.07) is 18.8. The predicted molar refractivity (Wildman–Crippen MR) is 87.8 cm³/mol. The lowest BCUT2D eigenvalue weighted by molar-refractivity contribution is -0.131. The van der Waals surface area contributed by atoms with Gasteiger partial charge in [-0.25, -0.2) is 4.79 Å². The molecule has 0 radical (unpaired) electrons. The van der Waals surface area contributed by atoms with Crippen molar-refractivity contribution in [1.82, 2.24) is 0 Å². The number of carbonyl (C=O) groups excluding carboxylic acids is 1. The summed E-state index contributed by atoms with van der Waals surface area (Å²) in [5.41, 5.74) is 6.79. The monoisotopic (exact) mass is 295 g/mol. The number of benzene rings is 2. The van der Waals surface area contributed by atoms with Gasteiger partial charge in [0.15, 0.2) is 0 Å². The molecule has 0 saturated heterocycles. The Morgan fingerprint density at radius 1 is 0.773 bits per heavy atom. The van der Waals surface area contributed by atoms with E-state index in [2.05, 4.69) is 0 Å². The molecule has 112 valence electrons. The van der Waals surface area contributed by atoms with E-state index in [9.17, 15) is 9.59 Å². The molecule has 0 aliphatic heterocycles. The van der Waals surface area contributed by atoms with Crippen LogP contribution >= 0.6 is 0 Å². The molecule has 1 amide bonds. The van der Waals surface area contributed by atoms with Crippen molar-refractivity contribution in [2.45, 2.75) is 0 Å². The van der Waals surface area contributed by atoms with Crippen molar-refractivity contribution in [2.75, 3.05) is 0 Å². The van der Waals surface area contributed by atoms with Gasteiger partial charge in [0.1, 0.15) is 0 Å². The van der Waals surface area contributed by atoms with Crippen LogP contribution in [0.15, 0.2) is 72.8 Å². The van der Waals surface area contributed by atoms with Gasteiger partial charge in [0, 0.05) is 12.2 Å². The molecule has 22 heavy (non-hydrogen) atoms. The van der Waals surface area contributed by atoms with Crippen LogP contribution < -0.4 is 5.73 Å². The Morgan fingerprint density at radius 3 is 1.55 bits per heavy atom. The molecule has 0 aromatic heterocycles. The van der Waals surface area contributed by atoms with Crippen LogP contribution in [0, 0.1) is 0 Å². The van der Waals surface area contributed by atoms with Crippen molar-refractivity contribution >= 4 is 24.0 Å². The van der Waals surface area contributed by atoms with Gasteiger partial charge in [0.2, 0.25) is 5.91 Å². The smallest absolute Gasteiger partial charge is 0.328 e. The average Bonchev–Trinajstić information content (AvgIpc) is 2.53. The number of carboxylic acid groups (broad SMARTS) is 1. The van der Waals surface area contributed by atoms with Crippen LogP contribution in [0.4, 0.5) is 0 Å². The van der Waals surface area contributed by atoms with Gasteiger partial charge in [-0.2, -0.15) is 0 Å². The summed E-state index contributed by atoms with van der Waals surface area (Å²) in [7, 11) is 0. The van der Waals surface area contributed by atoms with Crippen molar-refractivity contribution < 1.29 is 14.7 Å². The SMILES string of the molecule is NC(=O)C=Cc1ccccc1.O=C(O)C=Cc1ccccc1. The minimum Gasteiger partial charge on any atom is -0.478 e. The first kappa shape index (κ1) is 16.9. The molecule has 4 nitrogen and oxygen atoms in total. The van der Waals surface area contributed by atoms with Gasteiger partial charge < -0.3 is 10.8 Å². The lowest BCUT2D eigenvalue weighted by Crippen LogP contribution is -2.04. The van der Waals surface area contributed by atoms with E-state index in [0.29, 0.717) is 0 Å². The normalized spacial score (nSPS) is 10.2. The Balaban J connectivity index is 0.000000220. The van der Waals surface area contributed by atoms with Gasteiger partial charge >= 0.3 is 5.97 Å². The first-order valence-electron chi connectivity index (χ1n) is 6.56. The van der Waals surface area contributed by atoms with E-state index in [1.165, 1.54) is 6.08 Å². The topological polar surface area (TPSA) is 80.4 Å². The summed E-state index contributed by atoms with van der Waals surface area (Å²) in [6.07, 6.45) is 5.70. The van der Waals surface area contributed by atoms with Gasteiger partial charge in [0.05, 0.1) is 0 Å². The molecule has 0 fully saturated rings. The Kier molecular flexibility index (Phi) is 7.47. The molecule has 0 heterocycles. The maximum Gasteiger partial charge on any atom is 0.328 e. The van der Waals surface area contributed by atoms with E-state index >= 15 is 0 Å². The van der Waals surface area contributed by atoms with Crippen molar-refractivity contribution in [2.24, 2.45) is 5.73 Å². The van der Waals surface area contributed by atoms with Crippen LogP contribution in [-0.2, 0) is 9.59 Å². The number of hydrogen-bond donors (Lipinski definition) is 2. The lowest BCUT2D eigenvalue weighted by atomic mass is 10.2. The number of carbonyl (C=O) groups is 2. The van der Waals surface area contributed by atoms with E-state index in [0.717, 1.165) is 17.2 Å². The summed E-state index contributed by atoms with van der Waals surface area (Å²) < 4.78 is 0. The summed E-state index contributed by atoms with van der Waals surface area (Å²) in [5.74, 6) is -1.34. The van der Waals surface area contributed by atoms with Crippen molar-refractivity contribution in [3.8, 4) is 0 Å². The third-order valence-corrected chi connectivity index (χ3v) is 2.46. The zero-order valence-corrected chi connectivity index (χ0v) is 11.9. The zero-order chi connectivity index (χ0) is 16.2. The largest absolute Gasteiger partial charge is 0.478 e. The average molecular weight is 295 g/mol. The fourth-order valence-electron chi connectivity index (χ4n) is 1.47. The van der Waals surface area contributed by atoms with Crippen LogP contribution in [0.5, 0.6) is 0 Å². The van der Waals surface area contributed by atoms with Gasteiger partial charge in [-0.15, -0.1) is 0 Å². The number of primary amides is 1. The summed E-state index contributed by atoms with van der Waals surface area (Å²) in [5, 5.41) is 8.29. The Labute approximate surface area is 129 Å². The quantitative estimate of drug-likeness (QED) is 0.851. The molecule has 0 atom stereocenters. The molecule has 3 N–H and O–H groups in total. The van der Waals surface area contributed by atoms with Crippen molar-refractivity contribution in [3.63, 3.8) is 0 Å². The molecule has 4 heteroatoms. The number of carboxylic acids is 1. The maximum atomic E-state index is 10.3. The van der Waals surface area contributed by atoms with E-state index in [4.69, 9.17) is 10.8 Å². The van der Waals surface area contributed by atoms with Crippen LogP contribution in [0.2, 0.25) is 0 Å². The van der Waals surface area contributed by atoms with Gasteiger partial charge in [-0.05, 0) is 23.3 Å². The Bertz CT molecular complexity index is 587. The van der Waals surface area contributed by atoms with Gasteiger partial charge in [0.25, 0.3) is 0 Å². The molecular formula is C18H17NO3. The number of aliphatic carboxylic acids is 1. The molecule has 2 aromatic carbocycles. The highest BCUT2D eigenvalue weighted by atomic mass is 16.4. The van der Waals surface area contributed by atoms with Crippen LogP contribution in [-0.4, -0.2) is 17.0 Å². The molecule has 2 aromatic rings. The summed E-state index contributed by atoms with van der Waals surface area (Å²) in [6.45, 7) is 0. The highest BCUT2D eigenvalue weighted by molar-refractivity contribution is 5.90. The predicted octanol–water partition coefficient (Wildman–Crippen LogP) is 2.97. The second-order valence-corrected chi connectivity index (χ2v) is 4.23. The minimum absolute atomic E-state index is 0.422. The fraction of sp³-hybridized carbons (Fsp3) is 0. The lowest BCUT2D eigenvalue weighted by Gasteiger charge is -1.88. The highest BCUT2D eigenvalue weighted by Crippen LogP contribution is 2.00.